The Hall–Kier alpha value is -0.870. The van der Waals surface area contributed by atoms with E-state index in [2.05, 4.69) is 9.97 Å². The van der Waals surface area contributed by atoms with E-state index in [0.717, 1.165) is 16.2 Å². The zero-order valence-corrected chi connectivity index (χ0v) is 8.41. The molecule has 0 radical (unpaired) electrons. The predicted molar refractivity (Wildman–Crippen MR) is 54.5 cm³/mol. The number of thioether (sulfide) groups is 1. The largest absolute Gasteiger partial charge is 0.506 e. The van der Waals surface area contributed by atoms with Crippen molar-refractivity contribution in [2.75, 3.05) is 6.26 Å². The molecule has 1 aromatic carbocycles. The van der Waals surface area contributed by atoms with Gasteiger partial charge in [-0.15, -0.1) is 0 Å². The summed E-state index contributed by atoms with van der Waals surface area (Å²) < 4.78 is 0. The molecule has 0 aliphatic heterocycles. The summed E-state index contributed by atoms with van der Waals surface area (Å²) in [7, 11) is 0. The number of nitrogens with zero attached hydrogens (tertiary/aromatic N) is 1. The lowest BCUT2D eigenvalue weighted by atomic mass is 10.3. The molecule has 2 N–H and O–H groups in total. The van der Waals surface area contributed by atoms with Crippen molar-refractivity contribution in [3.63, 3.8) is 0 Å². The van der Waals surface area contributed by atoms with Crippen LogP contribution in [0.25, 0.3) is 11.0 Å². The highest BCUT2D eigenvalue weighted by atomic mass is 35.5. The number of phenols is 1. The van der Waals surface area contributed by atoms with Crippen LogP contribution in [0.3, 0.4) is 0 Å². The molecule has 0 aliphatic carbocycles. The van der Waals surface area contributed by atoms with E-state index < -0.39 is 0 Å². The van der Waals surface area contributed by atoms with Gasteiger partial charge in [-0.3, -0.25) is 0 Å². The van der Waals surface area contributed by atoms with Crippen LogP contribution in [-0.2, 0) is 0 Å². The van der Waals surface area contributed by atoms with Gasteiger partial charge in [-0.05, 0) is 12.3 Å². The van der Waals surface area contributed by atoms with Crippen LogP contribution in [0.15, 0.2) is 17.3 Å². The van der Waals surface area contributed by atoms with E-state index in [4.69, 9.17) is 11.6 Å². The van der Waals surface area contributed by atoms with Crippen molar-refractivity contribution in [3.8, 4) is 5.75 Å². The third-order valence-electron chi connectivity index (χ3n) is 1.72. The number of rotatable bonds is 1. The van der Waals surface area contributed by atoms with E-state index in [0.29, 0.717) is 5.02 Å². The number of halogens is 1. The molecular weight excluding hydrogens is 208 g/mol. The first-order valence-corrected chi connectivity index (χ1v) is 5.23. The summed E-state index contributed by atoms with van der Waals surface area (Å²) in [5.74, 6) is 0.0633. The minimum absolute atomic E-state index is 0.0633. The Morgan fingerprint density at radius 1 is 1.54 bits per heavy atom. The van der Waals surface area contributed by atoms with Crippen LogP contribution in [0.2, 0.25) is 5.02 Å². The van der Waals surface area contributed by atoms with Crippen molar-refractivity contribution in [2.45, 2.75) is 5.16 Å². The maximum atomic E-state index is 9.31. The number of imidazole rings is 1. The number of aromatic hydroxyl groups is 1. The molecule has 2 aromatic rings. The van der Waals surface area contributed by atoms with Crippen molar-refractivity contribution < 1.29 is 5.11 Å². The SMILES string of the molecule is CSc1nc2cc(O)c(Cl)cc2[nH]1. The highest BCUT2D eigenvalue weighted by Crippen LogP contribution is 2.28. The lowest BCUT2D eigenvalue weighted by Gasteiger charge is -1.93. The number of aromatic nitrogens is 2. The molecule has 0 unspecified atom stereocenters. The molecule has 0 atom stereocenters. The first-order valence-electron chi connectivity index (χ1n) is 3.63. The molecular formula is C8H7ClN2OS. The molecule has 0 amide bonds. The molecule has 1 aromatic heterocycles. The van der Waals surface area contributed by atoms with Gasteiger partial charge in [0.2, 0.25) is 0 Å². The standard InChI is InChI=1S/C8H7ClN2OS/c1-13-8-10-5-2-4(9)7(12)3-6(5)11-8/h2-3,12H,1H3,(H,10,11). The Balaban J connectivity index is 2.70. The smallest absolute Gasteiger partial charge is 0.166 e. The van der Waals surface area contributed by atoms with Gasteiger partial charge in [0, 0.05) is 6.07 Å². The first kappa shape index (κ1) is 8.72. The van der Waals surface area contributed by atoms with Crippen LogP contribution in [0.4, 0.5) is 0 Å². The third-order valence-corrected chi connectivity index (χ3v) is 2.60. The summed E-state index contributed by atoms with van der Waals surface area (Å²) in [5, 5.41) is 10.5. The van der Waals surface area contributed by atoms with Gasteiger partial charge in [0.05, 0.1) is 16.1 Å². The van der Waals surface area contributed by atoms with Crippen molar-refractivity contribution >= 4 is 34.4 Å². The fraction of sp³-hybridized carbons (Fsp3) is 0.125. The second-order valence-electron chi connectivity index (χ2n) is 2.57. The molecule has 13 heavy (non-hydrogen) atoms. The van der Waals surface area contributed by atoms with Gasteiger partial charge in [0.15, 0.2) is 5.16 Å². The number of hydrogen-bond donors (Lipinski definition) is 2. The Kier molecular flexibility index (Phi) is 2.09. The van der Waals surface area contributed by atoms with Gasteiger partial charge in [-0.1, -0.05) is 23.4 Å². The number of fused-ring (bicyclic) bond motifs is 1. The van der Waals surface area contributed by atoms with Crippen LogP contribution in [0.5, 0.6) is 5.75 Å². The molecule has 2 rings (SSSR count). The Bertz CT molecular complexity index is 416. The zero-order valence-electron chi connectivity index (χ0n) is 6.84. The van der Waals surface area contributed by atoms with E-state index >= 15 is 0 Å². The summed E-state index contributed by atoms with van der Waals surface area (Å²) in [5.41, 5.74) is 1.57. The van der Waals surface area contributed by atoms with Gasteiger partial charge in [-0.25, -0.2) is 4.98 Å². The van der Waals surface area contributed by atoms with Gasteiger partial charge < -0.3 is 10.1 Å². The van der Waals surface area contributed by atoms with E-state index in [1.165, 1.54) is 11.8 Å². The summed E-state index contributed by atoms with van der Waals surface area (Å²) in [6.45, 7) is 0. The third kappa shape index (κ3) is 1.47. The second-order valence-corrected chi connectivity index (χ2v) is 3.77. The number of nitrogens with one attached hydrogen (secondary N) is 1. The fourth-order valence-electron chi connectivity index (χ4n) is 1.09. The van der Waals surface area contributed by atoms with Gasteiger partial charge in [0.25, 0.3) is 0 Å². The quantitative estimate of drug-likeness (QED) is 0.718. The van der Waals surface area contributed by atoms with Crippen LogP contribution in [-0.4, -0.2) is 21.3 Å². The minimum atomic E-state index is 0.0633. The van der Waals surface area contributed by atoms with Crippen molar-refractivity contribution in [3.05, 3.63) is 17.2 Å². The Labute approximate surface area is 84.1 Å². The molecule has 68 valence electrons. The van der Waals surface area contributed by atoms with Crippen LogP contribution >= 0.6 is 23.4 Å². The van der Waals surface area contributed by atoms with Crippen molar-refractivity contribution in [2.24, 2.45) is 0 Å². The molecule has 0 fully saturated rings. The predicted octanol–water partition coefficient (Wildman–Crippen LogP) is 2.64. The average Bonchev–Trinajstić information content (AvgIpc) is 2.48. The van der Waals surface area contributed by atoms with Crippen molar-refractivity contribution in [1.29, 1.82) is 0 Å². The first-order chi connectivity index (χ1) is 6.20. The number of hydrogen-bond acceptors (Lipinski definition) is 3. The molecule has 0 spiro atoms. The Morgan fingerprint density at radius 2 is 2.31 bits per heavy atom. The fourth-order valence-corrected chi connectivity index (χ4v) is 1.66. The van der Waals surface area contributed by atoms with Crippen LogP contribution in [0, 0.1) is 0 Å². The molecule has 1 heterocycles. The number of aromatic amines is 1. The van der Waals surface area contributed by atoms with Gasteiger partial charge in [0.1, 0.15) is 5.75 Å². The normalized spacial score (nSPS) is 10.9. The zero-order chi connectivity index (χ0) is 9.42. The topological polar surface area (TPSA) is 48.9 Å². The maximum absolute atomic E-state index is 9.31. The number of H-pyrrole nitrogens is 1. The van der Waals surface area contributed by atoms with Gasteiger partial charge in [-0.2, -0.15) is 0 Å². The lowest BCUT2D eigenvalue weighted by molar-refractivity contribution is 0.476. The molecule has 0 aliphatic rings. The average molecular weight is 215 g/mol. The second kappa shape index (κ2) is 3.12. The highest BCUT2D eigenvalue weighted by Gasteiger charge is 2.05. The minimum Gasteiger partial charge on any atom is -0.506 e. The summed E-state index contributed by atoms with van der Waals surface area (Å²) >= 11 is 7.25. The molecule has 0 bridgehead atoms. The van der Waals surface area contributed by atoms with E-state index in [1.807, 2.05) is 6.26 Å². The Morgan fingerprint density at radius 3 is 3.00 bits per heavy atom. The van der Waals surface area contributed by atoms with Crippen molar-refractivity contribution in [1.82, 2.24) is 9.97 Å². The van der Waals surface area contributed by atoms with Crippen LogP contribution in [0.1, 0.15) is 0 Å². The summed E-state index contributed by atoms with van der Waals surface area (Å²) in [4.78, 5) is 7.29. The monoisotopic (exact) mass is 214 g/mol. The van der Waals surface area contributed by atoms with E-state index in [-0.39, 0.29) is 5.75 Å². The molecule has 0 saturated heterocycles. The maximum Gasteiger partial charge on any atom is 0.166 e. The molecule has 0 saturated carbocycles. The lowest BCUT2D eigenvalue weighted by Crippen LogP contribution is -1.71. The molecule has 5 heteroatoms. The van der Waals surface area contributed by atoms with Gasteiger partial charge >= 0.3 is 0 Å². The van der Waals surface area contributed by atoms with E-state index in [1.54, 1.807) is 12.1 Å². The highest BCUT2D eigenvalue weighted by molar-refractivity contribution is 7.98. The molecule has 3 nitrogen and oxygen atoms in total. The van der Waals surface area contributed by atoms with E-state index in [9.17, 15) is 5.11 Å². The summed E-state index contributed by atoms with van der Waals surface area (Å²) in [6.07, 6.45) is 1.93. The number of benzene rings is 1. The summed E-state index contributed by atoms with van der Waals surface area (Å²) in [6, 6.07) is 3.22. The number of phenolic OH excluding ortho intramolecular Hbond substituents is 1. The van der Waals surface area contributed by atoms with Crippen LogP contribution < -0.4 is 0 Å².